The van der Waals surface area contributed by atoms with Crippen LogP contribution in [0.1, 0.15) is 23.3 Å². The van der Waals surface area contributed by atoms with Crippen LogP contribution in [-0.2, 0) is 0 Å². The monoisotopic (exact) mass is 223 g/mol. The second-order valence-electron chi connectivity index (χ2n) is 3.67. The molecule has 2 rings (SSSR count). The standard InChI is InChI=1S/C11H13NS2/c1-7-3-5-9(6-4-7)10-8(2)12-11(13)14-10/h3-6,8,10H,1-2H3,(H,12,13)/t8-,10+/m0/s1. The van der Waals surface area contributed by atoms with Gasteiger partial charge in [0.2, 0.25) is 0 Å². The number of thiocarbonyl (C=S) groups is 1. The van der Waals surface area contributed by atoms with Gasteiger partial charge in [0.25, 0.3) is 0 Å². The third-order valence-electron chi connectivity index (χ3n) is 2.44. The Morgan fingerprint density at radius 3 is 2.43 bits per heavy atom. The Balaban J connectivity index is 2.23. The highest BCUT2D eigenvalue weighted by atomic mass is 32.2. The van der Waals surface area contributed by atoms with Gasteiger partial charge in [-0.25, -0.2) is 0 Å². The number of hydrogen-bond donors (Lipinski definition) is 1. The van der Waals surface area contributed by atoms with E-state index in [9.17, 15) is 0 Å². The molecule has 74 valence electrons. The average molecular weight is 223 g/mol. The van der Waals surface area contributed by atoms with Crippen LogP contribution >= 0.6 is 24.0 Å². The molecule has 2 atom stereocenters. The minimum Gasteiger partial charge on any atom is -0.367 e. The lowest BCUT2D eigenvalue weighted by Gasteiger charge is -2.13. The van der Waals surface area contributed by atoms with E-state index in [0.717, 1.165) is 4.32 Å². The van der Waals surface area contributed by atoms with E-state index in [4.69, 9.17) is 12.2 Å². The molecule has 1 nitrogen and oxygen atoms in total. The van der Waals surface area contributed by atoms with Crippen LogP contribution in [0.25, 0.3) is 0 Å². The summed E-state index contributed by atoms with van der Waals surface area (Å²) in [6.45, 7) is 4.29. The number of thioether (sulfide) groups is 1. The van der Waals surface area contributed by atoms with Gasteiger partial charge >= 0.3 is 0 Å². The molecule has 0 aromatic heterocycles. The zero-order valence-corrected chi connectivity index (χ0v) is 9.91. The van der Waals surface area contributed by atoms with Crippen molar-refractivity contribution in [2.45, 2.75) is 25.1 Å². The zero-order chi connectivity index (χ0) is 10.1. The normalized spacial score (nSPS) is 26.3. The molecule has 0 spiro atoms. The lowest BCUT2D eigenvalue weighted by molar-refractivity contribution is 0.674. The first-order chi connectivity index (χ1) is 6.66. The van der Waals surface area contributed by atoms with Crippen molar-refractivity contribution in [1.82, 2.24) is 5.32 Å². The van der Waals surface area contributed by atoms with Crippen molar-refractivity contribution >= 4 is 28.3 Å². The van der Waals surface area contributed by atoms with E-state index < -0.39 is 0 Å². The van der Waals surface area contributed by atoms with Crippen molar-refractivity contribution in [1.29, 1.82) is 0 Å². The molecule has 0 radical (unpaired) electrons. The third-order valence-corrected chi connectivity index (χ3v) is 4.11. The van der Waals surface area contributed by atoms with Crippen molar-refractivity contribution in [3.8, 4) is 0 Å². The van der Waals surface area contributed by atoms with Gasteiger partial charge in [-0.2, -0.15) is 0 Å². The summed E-state index contributed by atoms with van der Waals surface area (Å²) in [6.07, 6.45) is 0. The first kappa shape index (κ1) is 9.99. The highest BCUT2D eigenvalue weighted by Gasteiger charge is 2.28. The zero-order valence-electron chi connectivity index (χ0n) is 8.28. The van der Waals surface area contributed by atoms with Crippen LogP contribution in [0.2, 0.25) is 0 Å². The second kappa shape index (κ2) is 3.91. The molecular weight excluding hydrogens is 210 g/mol. The van der Waals surface area contributed by atoms with Gasteiger partial charge in [-0.05, 0) is 19.4 Å². The van der Waals surface area contributed by atoms with E-state index in [1.54, 1.807) is 11.8 Å². The van der Waals surface area contributed by atoms with Crippen molar-refractivity contribution in [2.75, 3.05) is 0 Å². The van der Waals surface area contributed by atoms with Crippen LogP contribution in [0.5, 0.6) is 0 Å². The van der Waals surface area contributed by atoms with Gasteiger partial charge in [0.15, 0.2) is 0 Å². The van der Waals surface area contributed by atoms with Crippen LogP contribution in [-0.4, -0.2) is 10.4 Å². The van der Waals surface area contributed by atoms with Gasteiger partial charge in [-0.15, -0.1) is 0 Å². The quantitative estimate of drug-likeness (QED) is 0.735. The fourth-order valence-corrected chi connectivity index (χ4v) is 3.17. The maximum atomic E-state index is 5.15. The molecule has 0 bridgehead atoms. The molecule has 1 aromatic rings. The molecule has 1 aliphatic heterocycles. The Hall–Kier alpha value is -0.540. The first-order valence-corrected chi connectivity index (χ1v) is 5.99. The van der Waals surface area contributed by atoms with E-state index in [1.807, 2.05) is 0 Å². The number of nitrogens with one attached hydrogen (secondary N) is 1. The molecule has 3 heteroatoms. The summed E-state index contributed by atoms with van der Waals surface area (Å²) in [5, 5.41) is 3.75. The molecule has 0 saturated carbocycles. The van der Waals surface area contributed by atoms with Gasteiger partial charge in [-0.1, -0.05) is 53.8 Å². The summed E-state index contributed by atoms with van der Waals surface area (Å²) >= 11 is 6.90. The molecule has 14 heavy (non-hydrogen) atoms. The minimum atomic E-state index is 0.440. The average Bonchev–Trinajstić information content (AvgIpc) is 2.47. The van der Waals surface area contributed by atoms with Crippen molar-refractivity contribution in [3.05, 3.63) is 35.4 Å². The van der Waals surface area contributed by atoms with Crippen LogP contribution in [0.3, 0.4) is 0 Å². The van der Waals surface area contributed by atoms with Crippen molar-refractivity contribution < 1.29 is 0 Å². The summed E-state index contributed by atoms with van der Waals surface area (Å²) < 4.78 is 0.920. The Morgan fingerprint density at radius 1 is 1.29 bits per heavy atom. The number of aryl methyl sites for hydroxylation is 1. The minimum absolute atomic E-state index is 0.440. The van der Waals surface area contributed by atoms with E-state index in [-0.39, 0.29) is 0 Å². The summed E-state index contributed by atoms with van der Waals surface area (Å²) in [5.74, 6) is 0. The van der Waals surface area contributed by atoms with Crippen LogP contribution in [0, 0.1) is 6.92 Å². The number of hydrogen-bond acceptors (Lipinski definition) is 2. The molecule has 1 heterocycles. The summed E-state index contributed by atoms with van der Waals surface area (Å²) in [6, 6.07) is 9.14. The molecule has 1 fully saturated rings. The van der Waals surface area contributed by atoms with Crippen molar-refractivity contribution in [3.63, 3.8) is 0 Å². The topological polar surface area (TPSA) is 12.0 Å². The number of benzene rings is 1. The predicted octanol–water partition coefficient (Wildman–Crippen LogP) is 3.05. The third kappa shape index (κ3) is 1.93. The summed E-state index contributed by atoms with van der Waals surface area (Å²) in [7, 11) is 0. The van der Waals surface area contributed by atoms with Gasteiger partial charge in [0.05, 0.1) is 5.25 Å². The first-order valence-electron chi connectivity index (χ1n) is 4.70. The molecule has 1 aromatic carbocycles. The Kier molecular flexibility index (Phi) is 2.79. The largest absolute Gasteiger partial charge is 0.367 e. The molecule has 1 aliphatic rings. The lowest BCUT2D eigenvalue weighted by Crippen LogP contribution is -2.23. The molecule has 1 N–H and O–H groups in total. The van der Waals surface area contributed by atoms with E-state index in [1.165, 1.54) is 11.1 Å². The Morgan fingerprint density at radius 2 is 1.93 bits per heavy atom. The Bertz CT molecular complexity index is 345. The summed E-state index contributed by atoms with van der Waals surface area (Å²) in [4.78, 5) is 0. The smallest absolute Gasteiger partial charge is 0.134 e. The fraction of sp³-hybridized carbons (Fsp3) is 0.364. The fourth-order valence-electron chi connectivity index (χ4n) is 1.63. The van der Waals surface area contributed by atoms with Crippen LogP contribution < -0.4 is 5.32 Å². The highest BCUT2D eigenvalue weighted by Crippen LogP contribution is 2.37. The molecule has 0 unspecified atom stereocenters. The van der Waals surface area contributed by atoms with Gasteiger partial charge < -0.3 is 5.32 Å². The van der Waals surface area contributed by atoms with E-state index in [0.29, 0.717) is 11.3 Å². The van der Waals surface area contributed by atoms with E-state index in [2.05, 4.69) is 43.4 Å². The number of rotatable bonds is 1. The lowest BCUT2D eigenvalue weighted by atomic mass is 10.1. The van der Waals surface area contributed by atoms with Gasteiger partial charge in [0, 0.05) is 6.04 Å². The molecule has 0 aliphatic carbocycles. The van der Waals surface area contributed by atoms with Crippen molar-refractivity contribution in [2.24, 2.45) is 0 Å². The predicted molar refractivity (Wildman–Crippen MR) is 66.7 cm³/mol. The van der Waals surface area contributed by atoms with Crippen LogP contribution in [0.15, 0.2) is 24.3 Å². The van der Waals surface area contributed by atoms with Crippen LogP contribution in [0.4, 0.5) is 0 Å². The maximum absolute atomic E-state index is 5.15. The SMILES string of the molecule is Cc1ccc([C@@H]2SC(=S)N[C@H]2C)cc1. The van der Waals surface area contributed by atoms with E-state index >= 15 is 0 Å². The maximum Gasteiger partial charge on any atom is 0.134 e. The van der Waals surface area contributed by atoms with Gasteiger partial charge in [0.1, 0.15) is 4.32 Å². The molecular formula is C11H13NS2. The summed E-state index contributed by atoms with van der Waals surface area (Å²) in [5.41, 5.74) is 2.67. The Labute approximate surface area is 94.3 Å². The second-order valence-corrected chi connectivity index (χ2v) is 5.49. The van der Waals surface area contributed by atoms with Gasteiger partial charge in [-0.3, -0.25) is 0 Å². The molecule has 1 saturated heterocycles. The highest BCUT2D eigenvalue weighted by molar-refractivity contribution is 8.23. The molecule has 0 amide bonds.